The highest BCUT2D eigenvalue weighted by atomic mass is 35.5. The van der Waals surface area contributed by atoms with Gasteiger partial charge in [0.1, 0.15) is 0 Å². The standard InChI is InChI=1S/C16H17Cl2NS/c17-13-3-1-11(2-4-13)12(10-19-14-5-6-14)9-15-7-8-16(18)20-15/h1-4,7-8,12,14,19H,5-6,9-10H2. The highest BCUT2D eigenvalue weighted by molar-refractivity contribution is 7.16. The fraction of sp³-hybridized carbons (Fsp3) is 0.375. The molecule has 0 aliphatic heterocycles. The maximum Gasteiger partial charge on any atom is 0.0931 e. The van der Waals surface area contributed by atoms with Crippen LogP contribution in [0.25, 0.3) is 0 Å². The zero-order valence-corrected chi connectivity index (χ0v) is 13.4. The van der Waals surface area contributed by atoms with Gasteiger partial charge < -0.3 is 5.32 Å². The van der Waals surface area contributed by atoms with Gasteiger partial charge in [0.2, 0.25) is 0 Å². The Morgan fingerprint density at radius 3 is 2.45 bits per heavy atom. The monoisotopic (exact) mass is 325 g/mol. The van der Waals surface area contributed by atoms with Gasteiger partial charge in [0, 0.05) is 28.4 Å². The van der Waals surface area contributed by atoms with Crippen molar-refractivity contribution in [1.29, 1.82) is 0 Å². The van der Waals surface area contributed by atoms with Gasteiger partial charge in [0.15, 0.2) is 0 Å². The summed E-state index contributed by atoms with van der Waals surface area (Å²) < 4.78 is 0.866. The molecule has 0 bridgehead atoms. The SMILES string of the molecule is Clc1ccc(C(CNC2CC2)Cc2ccc(Cl)s2)cc1. The first-order valence-corrected chi connectivity index (χ1v) is 8.51. The molecule has 1 unspecified atom stereocenters. The van der Waals surface area contributed by atoms with Gasteiger partial charge in [0.05, 0.1) is 4.34 Å². The summed E-state index contributed by atoms with van der Waals surface area (Å²) >= 11 is 13.7. The second-order valence-electron chi connectivity index (χ2n) is 5.34. The van der Waals surface area contributed by atoms with Crippen LogP contribution < -0.4 is 5.32 Å². The minimum absolute atomic E-state index is 0.475. The first kappa shape index (κ1) is 14.4. The Morgan fingerprint density at radius 1 is 1.10 bits per heavy atom. The van der Waals surface area contributed by atoms with E-state index in [0.29, 0.717) is 5.92 Å². The van der Waals surface area contributed by atoms with Crippen LogP contribution in [0.15, 0.2) is 36.4 Å². The van der Waals surface area contributed by atoms with E-state index in [1.807, 2.05) is 18.2 Å². The summed E-state index contributed by atoms with van der Waals surface area (Å²) in [5, 5.41) is 4.43. The first-order valence-electron chi connectivity index (χ1n) is 6.94. The fourth-order valence-corrected chi connectivity index (χ4v) is 3.64. The lowest BCUT2D eigenvalue weighted by Crippen LogP contribution is -2.24. The number of nitrogens with one attached hydrogen (secondary N) is 1. The van der Waals surface area contributed by atoms with E-state index in [1.54, 1.807) is 11.3 Å². The number of hydrogen-bond donors (Lipinski definition) is 1. The lowest BCUT2D eigenvalue weighted by Gasteiger charge is -2.17. The van der Waals surface area contributed by atoms with E-state index in [1.165, 1.54) is 23.3 Å². The maximum absolute atomic E-state index is 6.03. The smallest absolute Gasteiger partial charge is 0.0931 e. The molecule has 1 aromatic heterocycles. The van der Waals surface area contributed by atoms with Gasteiger partial charge in [-0.15, -0.1) is 11.3 Å². The van der Waals surface area contributed by atoms with Crippen LogP contribution in [0.3, 0.4) is 0 Å². The third kappa shape index (κ3) is 3.98. The van der Waals surface area contributed by atoms with Crippen molar-refractivity contribution in [2.45, 2.75) is 31.2 Å². The van der Waals surface area contributed by atoms with Crippen LogP contribution in [0.1, 0.15) is 29.2 Å². The normalized spacial score (nSPS) is 16.3. The van der Waals surface area contributed by atoms with Gasteiger partial charge >= 0.3 is 0 Å². The first-order chi connectivity index (χ1) is 9.70. The van der Waals surface area contributed by atoms with Crippen molar-refractivity contribution in [3.63, 3.8) is 0 Å². The largest absolute Gasteiger partial charge is 0.313 e. The number of benzene rings is 1. The Bertz CT molecular complexity index is 560. The Balaban J connectivity index is 1.73. The summed E-state index contributed by atoms with van der Waals surface area (Å²) in [4.78, 5) is 1.34. The van der Waals surface area contributed by atoms with Gasteiger partial charge in [-0.1, -0.05) is 35.3 Å². The molecule has 0 radical (unpaired) electrons. The molecule has 1 aliphatic rings. The molecule has 1 N–H and O–H groups in total. The minimum Gasteiger partial charge on any atom is -0.313 e. The van der Waals surface area contributed by atoms with E-state index in [9.17, 15) is 0 Å². The second-order valence-corrected chi connectivity index (χ2v) is 7.58. The molecule has 2 aromatic rings. The molecule has 1 aliphatic carbocycles. The topological polar surface area (TPSA) is 12.0 Å². The van der Waals surface area contributed by atoms with E-state index in [2.05, 4.69) is 23.5 Å². The molecular weight excluding hydrogens is 309 g/mol. The number of halogens is 2. The molecule has 106 valence electrons. The molecule has 1 heterocycles. The van der Waals surface area contributed by atoms with Crippen LogP contribution in [0, 0.1) is 0 Å². The van der Waals surface area contributed by atoms with Crippen LogP contribution in [0.2, 0.25) is 9.36 Å². The average Bonchev–Trinajstić information content (AvgIpc) is 3.18. The fourth-order valence-electron chi connectivity index (χ4n) is 2.34. The highest BCUT2D eigenvalue weighted by Crippen LogP contribution is 2.29. The van der Waals surface area contributed by atoms with Crippen molar-refractivity contribution in [2.75, 3.05) is 6.54 Å². The van der Waals surface area contributed by atoms with Crippen LogP contribution in [-0.2, 0) is 6.42 Å². The maximum atomic E-state index is 6.03. The molecule has 0 spiro atoms. The van der Waals surface area contributed by atoms with Gasteiger partial charge in [-0.2, -0.15) is 0 Å². The van der Waals surface area contributed by atoms with Gasteiger partial charge in [-0.3, -0.25) is 0 Å². The van der Waals surface area contributed by atoms with Gasteiger partial charge in [0.25, 0.3) is 0 Å². The Morgan fingerprint density at radius 2 is 1.85 bits per heavy atom. The summed E-state index contributed by atoms with van der Waals surface area (Å²) in [6.45, 7) is 1.02. The lowest BCUT2D eigenvalue weighted by atomic mass is 9.95. The molecule has 1 fully saturated rings. The lowest BCUT2D eigenvalue weighted by molar-refractivity contribution is 0.580. The summed E-state index contributed by atoms with van der Waals surface area (Å²) in [5.41, 5.74) is 1.34. The number of thiophene rings is 1. The van der Waals surface area contributed by atoms with E-state index < -0.39 is 0 Å². The third-order valence-corrected chi connectivity index (χ3v) is 5.15. The third-order valence-electron chi connectivity index (χ3n) is 3.65. The summed E-state index contributed by atoms with van der Waals surface area (Å²) in [7, 11) is 0. The van der Waals surface area contributed by atoms with Crippen LogP contribution in [0.5, 0.6) is 0 Å². The van der Waals surface area contributed by atoms with Gasteiger partial charge in [-0.05, 0) is 49.1 Å². The summed E-state index contributed by atoms with van der Waals surface area (Å²) in [6.07, 6.45) is 3.66. The minimum atomic E-state index is 0.475. The average molecular weight is 326 g/mol. The molecule has 1 nitrogen and oxygen atoms in total. The van der Waals surface area contributed by atoms with Crippen molar-refractivity contribution in [3.05, 3.63) is 56.2 Å². The molecule has 20 heavy (non-hydrogen) atoms. The van der Waals surface area contributed by atoms with Crippen molar-refractivity contribution >= 4 is 34.5 Å². The van der Waals surface area contributed by atoms with Crippen LogP contribution >= 0.6 is 34.5 Å². The molecule has 0 saturated heterocycles. The predicted molar refractivity (Wildman–Crippen MR) is 88.3 cm³/mol. The van der Waals surface area contributed by atoms with Crippen LogP contribution in [-0.4, -0.2) is 12.6 Å². The zero-order chi connectivity index (χ0) is 13.9. The van der Waals surface area contributed by atoms with Crippen LogP contribution in [0.4, 0.5) is 0 Å². The molecule has 0 amide bonds. The zero-order valence-electron chi connectivity index (χ0n) is 11.1. The number of hydrogen-bond acceptors (Lipinski definition) is 2. The quantitative estimate of drug-likeness (QED) is 0.776. The van der Waals surface area contributed by atoms with E-state index >= 15 is 0 Å². The number of rotatable bonds is 6. The van der Waals surface area contributed by atoms with Crippen molar-refractivity contribution < 1.29 is 0 Å². The second kappa shape index (κ2) is 6.48. The Hall–Kier alpha value is -0.540. The molecule has 3 rings (SSSR count). The van der Waals surface area contributed by atoms with Crippen molar-refractivity contribution in [2.24, 2.45) is 0 Å². The molecule has 1 aromatic carbocycles. The molecular formula is C16H17Cl2NS. The summed E-state index contributed by atoms with van der Waals surface area (Å²) in [6, 6.07) is 13.1. The molecule has 1 atom stereocenters. The highest BCUT2D eigenvalue weighted by Gasteiger charge is 2.22. The van der Waals surface area contributed by atoms with E-state index in [0.717, 1.165) is 28.4 Å². The molecule has 1 saturated carbocycles. The van der Waals surface area contributed by atoms with Crippen molar-refractivity contribution in [1.82, 2.24) is 5.32 Å². The van der Waals surface area contributed by atoms with Gasteiger partial charge in [-0.25, -0.2) is 0 Å². The Labute approximate surface area is 133 Å². The van der Waals surface area contributed by atoms with Crippen molar-refractivity contribution in [3.8, 4) is 0 Å². The molecule has 4 heteroatoms. The predicted octanol–water partition coefficient (Wildman–Crippen LogP) is 5.13. The van der Waals surface area contributed by atoms with E-state index in [-0.39, 0.29) is 0 Å². The summed E-state index contributed by atoms with van der Waals surface area (Å²) in [5.74, 6) is 0.475. The van der Waals surface area contributed by atoms with E-state index in [4.69, 9.17) is 23.2 Å². The Kier molecular flexibility index (Phi) is 4.67.